The van der Waals surface area contributed by atoms with Gasteiger partial charge in [0.1, 0.15) is 5.75 Å². The van der Waals surface area contributed by atoms with E-state index in [2.05, 4.69) is 44.0 Å². The molecule has 3 heteroatoms. The molecule has 2 aliphatic heterocycles. The van der Waals surface area contributed by atoms with Crippen LogP contribution in [-0.4, -0.2) is 36.4 Å². The van der Waals surface area contributed by atoms with Gasteiger partial charge in [0.05, 0.1) is 6.10 Å². The second-order valence-electron chi connectivity index (χ2n) is 6.39. The number of likely N-dealkylation sites (tertiary alicyclic amines) is 1. The molecule has 0 aromatic heterocycles. The Morgan fingerprint density at radius 2 is 2.25 bits per heavy atom. The van der Waals surface area contributed by atoms with Crippen LogP contribution in [0.5, 0.6) is 5.75 Å². The van der Waals surface area contributed by atoms with Crippen LogP contribution in [0.1, 0.15) is 44.6 Å². The van der Waals surface area contributed by atoms with E-state index in [0.29, 0.717) is 5.92 Å². The van der Waals surface area contributed by atoms with Gasteiger partial charge in [-0.25, -0.2) is 0 Å². The van der Waals surface area contributed by atoms with Crippen LogP contribution in [0.3, 0.4) is 0 Å². The minimum Gasteiger partial charge on any atom is -0.491 e. The molecule has 1 aromatic carbocycles. The predicted molar refractivity (Wildman–Crippen MR) is 85.9 cm³/mol. The van der Waals surface area contributed by atoms with Crippen molar-refractivity contribution in [3.63, 3.8) is 0 Å². The number of benzene rings is 1. The van der Waals surface area contributed by atoms with E-state index in [4.69, 9.17) is 4.74 Å². The van der Waals surface area contributed by atoms with E-state index in [0.717, 1.165) is 11.8 Å². The Morgan fingerprint density at radius 3 is 2.95 bits per heavy atom. The fraction of sp³-hybridized carbons (Fsp3) is 0.647. The van der Waals surface area contributed by atoms with Crippen LogP contribution >= 0.6 is 11.8 Å². The van der Waals surface area contributed by atoms with Gasteiger partial charge >= 0.3 is 0 Å². The summed E-state index contributed by atoms with van der Waals surface area (Å²) in [6.45, 7) is 5.45. The maximum atomic E-state index is 5.86. The number of hydrogen-bond acceptors (Lipinski definition) is 3. The Labute approximate surface area is 126 Å². The molecule has 2 aliphatic rings. The molecule has 0 saturated carbocycles. The van der Waals surface area contributed by atoms with Crippen molar-refractivity contribution < 1.29 is 4.74 Å². The molecule has 1 fully saturated rings. The normalized spacial score (nSPS) is 26.2. The molecule has 0 spiro atoms. The third-order valence-electron chi connectivity index (χ3n) is 4.46. The van der Waals surface area contributed by atoms with Gasteiger partial charge in [-0.3, -0.25) is 0 Å². The highest BCUT2D eigenvalue weighted by Crippen LogP contribution is 2.44. The monoisotopic (exact) mass is 291 g/mol. The smallest absolute Gasteiger partial charge is 0.120 e. The van der Waals surface area contributed by atoms with E-state index in [9.17, 15) is 0 Å². The summed E-state index contributed by atoms with van der Waals surface area (Å²) in [5.74, 6) is 2.98. The highest BCUT2D eigenvalue weighted by atomic mass is 32.2. The van der Waals surface area contributed by atoms with Gasteiger partial charge in [0.15, 0.2) is 0 Å². The standard InChI is InChI=1S/C17H25NOS/c1-12(2)19-15-6-7-17-16(10-15)13(11-20-17)9-14-5-4-8-18(14)3/h6-7,10,12-14H,4-5,8-9,11H2,1-3H3. The van der Waals surface area contributed by atoms with E-state index >= 15 is 0 Å². The van der Waals surface area contributed by atoms with Crippen molar-refractivity contribution in [3.8, 4) is 5.75 Å². The van der Waals surface area contributed by atoms with Gasteiger partial charge in [0.25, 0.3) is 0 Å². The topological polar surface area (TPSA) is 12.5 Å². The zero-order chi connectivity index (χ0) is 14.1. The van der Waals surface area contributed by atoms with Crippen LogP contribution in [0.2, 0.25) is 0 Å². The first-order chi connectivity index (χ1) is 9.63. The number of ether oxygens (including phenoxy) is 1. The lowest BCUT2D eigenvalue weighted by atomic mass is 9.93. The third kappa shape index (κ3) is 2.99. The molecule has 1 aromatic rings. The molecule has 0 aliphatic carbocycles. The fourth-order valence-corrected chi connectivity index (χ4v) is 4.66. The van der Waals surface area contributed by atoms with Crippen LogP contribution in [0.15, 0.2) is 23.1 Å². The van der Waals surface area contributed by atoms with Crippen molar-refractivity contribution in [2.24, 2.45) is 0 Å². The first-order valence-electron chi connectivity index (χ1n) is 7.77. The van der Waals surface area contributed by atoms with Gasteiger partial charge in [-0.2, -0.15) is 0 Å². The maximum absolute atomic E-state index is 5.86. The molecule has 110 valence electrons. The van der Waals surface area contributed by atoms with Crippen LogP contribution in [-0.2, 0) is 0 Å². The number of thioether (sulfide) groups is 1. The largest absolute Gasteiger partial charge is 0.491 e. The summed E-state index contributed by atoms with van der Waals surface area (Å²) in [5.41, 5.74) is 1.52. The lowest BCUT2D eigenvalue weighted by molar-refractivity contribution is 0.241. The average Bonchev–Trinajstić information content (AvgIpc) is 2.97. The molecular weight excluding hydrogens is 266 g/mol. The molecule has 2 atom stereocenters. The summed E-state index contributed by atoms with van der Waals surface area (Å²) >= 11 is 2.01. The minimum absolute atomic E-state index is 0.251. The first-order valence-corrected chi connectivity index (χ1v) is 8.75. The van der Waals surface area contributed by atoms with E-state index < -0.39 is 0 Å². The Bertz CT molecular complexity index is 474. The molecule has 20 heavy (non-hydrogen) atoms. The van der Waals surface area contributed by atoms with Gasteiger partial charge in [-0.15, -0.1) is 11.8 Å². The Hall–Kier alpha value is -0.670. The van der Waals surface area contributed by atoms with Crippen LogP contribution < -0.4 is 4.74 Å². The Morgan fingerprint density at radius 1 is 1.40 bits per heavy atom. The highest BCUT2D eigenvalue weighted by Gasteiger charge is 2.30. The molecule has 0 N–H and O–H groups in total. The summed E-state index contributed by atoms with van der Waals surface area (Å²) in [4.78, 5) is 4.00. The number of fused-ring (bicyclic) bond motifs is 1. The summed E-state index contributed by atoms with van der Waals surface area (Å²) in [5, 5.41) is 0. The van der Waals surface area contributed by atoms with Crippen LogP contribution in [0, 0.1) is 0 Å². The van der Waals surface area contributed by atoms with E-state index in [1.807, 2.05) is 11.8 Å². The lowest BCUT2D eigenvalue weighted by Crippen LogP contribution is -2.26. The number of rotatable bonds is 4. The molecule has 1 saturated heterocycles. The van der Waals surface area contributed by atoms with Crippen molar-refractivity contribution in [3.05, 3.63) is 23.8 Å². The van der Waals surface area contributed by atoms with E-state index in [1.165, 1.54) is 42.0 Å². The summed E-state index contributed by atoms with van der Waals surface area (Å²) in [7, 11) is 2.28. The average molecular weight is 291 g/mol. The summed E-state index contributed by atoms with van der Waals surface area (Å²) in [6.07, 6.45) is 4.29. The van der Waals surface area contributed by atoms with Crippen LogP contribution in [0.25, 0.3) is 0 Å². The molecular formula is C17H25NOS. The Kier molecular flexibility index (Phi) is 4.27. The van der Waals surface area contributed by atoms with Crippen molar-refractivity contribution in [2.45, 2.75) is 56.1 Å². The molecule has 0 bridgehead atoms. The third-order valence-corrected chi connectivity index (χ3v) is 5.71. The van der Waals surface area contributed by atoms with Crippen molar-refractivity contribution in [1.29, 1.82) is 0 Å². The van der Waals surface area contributed by atoms with Crippen molar-refractivity contribution in [1.82, 2.24) is 4.90 Å². The second-order valence-corrected chi connectivity index (χ2v) is 7.45. The minimum atomic E-state index is 0.251. The van der Waals surface area contributed by atoms with Crippen molar-refractivity contribution in [2.75, 3.05) is 19.3 Å². The van der Waals surface area contributed by atoms with Gasteiger partial charge in [0.2, 0.25) is 0 Å². The van der Waals surface area contributed by atoms with Gasteiger partial charge < -0.3 is 9.64 Å². The van der Waals surface area contributed by atoms with Gasteiger partial charge in [-0.1, -0.05) is 0 Å². The van der Waals surface area contributed by atoms with E-state index in [-0.39, 0.29) is 6.10 Å². The molecule has 2 heterocycles. The first kappa shape index (κ1) is 14.3. The second kappa shape index (κ2) is 5.98. The maximum Gasteiger partial charge on any atom is 0.120 e. The Balaban J connectivity index is 1.74. The lowest BCUT2D eigenvalue weighted by Gasteiger charge is -2.23. The quantitative estimate of drug-likeness (QED) is 0.827. The summed E-state index contributed by atoms with van der Waals surface area (Å²) in [6, 6.07) is 7.43. The van der Waals surface area contributed by atoms with E-state index in [1.54, 1.807) is 0 Å². The SMILES string of the molecule is CC(C)Oc1ccc2c(c1)C(CC1CCCN1C)CS2. The van der Waals surface area contributed by atoms with Gasteiger partial charge in [-0.05, 0) is 76.4 Å². The predicted octanol–water partition coefficient (Wildman–Crippen LogP) is 4.15. The van der Waals surface area contributed by atoms with Gasteiger partial charge in [0, 0.05) is 16.7 Å². The highest BCUT2D eigenvalue weighted by molar-refractivity contribution is 7.99. The zero-order valence-electron chi connectivity index (χ0n) is 12.8. The summed E-state index contributed by atoms with van der Waals surface area (Å²) < 4.78 is 5.86. The molecule has 2 nitrogen and oxygen atoms in total. The molecule has 0 amide bonds. The number of hydrogen-bond donors (Lipinski definition) is 0. The number of nitrogens with zero attached hydrogens (tertiary/aromatic N) is 1. The molecule has 2 unspecified atom stereocenters. The zero-order valence-corrected chi connectivity index (χ0v) is 13.6. The van der Waals surface area contributed by atoms with Crippen LogP contribution in [0.4, 0.5) is 0 Å². The molecule has 3 rings (SSSR count). The van der Waals surface area contributed by atoms with Crippen molar-refractivity contribution >= 4 is 11.8 Å². The fourth-order valence-electron chi connectivity index (χ4n) is 3.40. The molecule has 0 radical (unpaired) electrons.